The normalized spacial score (nSPS) is 25.2. The van der Waals surface area contributed by atoms with Gasteiger partial charge in [0.2, 0.25) is 11.8 Å². The zero-order valence-electron chi connectivity index (χ0n) is 11.7. The zero-order valence-corrected chi connectivity index (χ0v) is 11.7. The molecule has 0 bridgehead atoms. The standard InChI is InChI=1S/C13H23N3O3/c1-15(2)13(18)11-9-14-5-6-16(11)12(17)10-3-7-19-8-4-10/h10-11,14H,3-9H2,1-2H3. The van der Waals surface area contributed by atoms with Gasteiger partial charge in [-0.2, -0.15) is 0 Å². The van der Waals surface area contributed by atoms with Crippen LogP contribution in [0.2, 0.25) is 0 Å². The third-order valence-electron chi connectivity index (χ3n) is 3.82. The summed E-state index contributed by atoms with van der Waals surface area (Å²) in [4.78, 5) is 28.0. The fourth-order valence-corrected chi connectivity index (χ4v) is 2.67. The highest BCUT2D eigenvalue weighted by Crippen LogP contribution is 2.20. The zero-order chi connectivity index (χ0) is 13.8. The predicted molar refractivity (Wildman–Crippen MR) is 70.6 cm³/mol. The maximum Gasteiger partial charge on any atom is 0.246 e. The van der Waals surface area contributed by atoms with E-state index in [2.05, 4.69) is 5.32 Å². The van der Waals surface area contributed by atoms with Crippen molar-refractivity contribution in [1.29, 1.82) is 0 Å². The van der Waals surface area contributed by atoms with Gasteiger partial charge in [0.05, 0.1) is 0 Å². The summed E-state index contributed by atoms with van der Waals surface area (Å²) in [5.41, 5.74) is 0. The summed E-state index contributed by atoms with van der Waals surface area (Å²) in [5.74, 6) is 0.127. The number of likely N-dealkylation sites (N-methyl/N-ethyl adjacent to an activating group) is 1. The summed E-state index contributed by atoms with van der Waals surface area (Å²) in [6.07, 6.45) is 1.54. The first-order valence-electron chi connectivity index (χ1n) is 6.91. The molecule has 0 aliphatic carbocycles. The van der Waals surface area contributed by atoms with Gasteiger partial charge in [0.25, 0.3) is 0 Å². The molecule has 0 saturated carbocycles. The minimum Gasteiger partial charge on any atom is -0.381 e. The van der Waals surface area contributed by atoms with Gasteiger partial charge in [-0.05, 0) is 12.8 Å². The summed E-state index contributed by atoms with van der Waals surface area (Å²) in [7, 11) is 3.46. The van der Waals surface area contributed by atoms with E-state index in [1.165, 1.54) is 0 Å². The Bertz CT molecular complexity index is 340. The molecule has 2 aliphatic heterocycles. The van der Waals surface area contributed by atoms with E-state index in [-0.39, 0.29) is 23.8 Å². The molecule has 2 heterocycles. The van der Waals surface area contributed by atoms with E-state index in [4.69, 9.17) is 4.74 Å². The molecule has 108 valence electrons. The predicted octanol–water partition coefficient (Wildman–Crippen LogP) is -0.698. The van der Waals surface area contributed by atoms with Crippen LogP contribution in [-0.2, 0) is 14.3 Å². The van der Waals surface area contributed by atoms with Crippen molar-refractivity contribution in [3.8, 4) is 0 Å². The van der Waals surface area contributed by atoms with E-state index in [0.717, 1.165) is 19.4 Å². The smallest absolute Gasteiger partial charge is 0.246 e. The maximum atomic E-state index is 12.6. The number of amides is 2. The summed E-state index contributed by atoms with van der Waals surface area (Å²) in [6.45, 7) is 3.21. The fourth-order valence-electron chi connectivity index (χ4n) is 2.67. The summed E-state index contributed by atoms with van der Waals surface area (Å²) < 4.78 is 5.29. The minimum absolute atomic E-state index is 0.00684. The number of piperazine rings is 1. The van der Waals surface area contributed by atoms with Crippen molar-refractivity contribution < 1.29 is 14.3 Å². The molecule has 1 atom stereocenters. The number of rotatable bonds is 2. The Balaban J connectivity index is 2.05. The van der Waals surface area contributed by atoms with Gasteiger partial charge in [0.15, 0.2) is 0 Å². The highest BCUT2D eigenvalue weighted by atomic mass is 16.5. The number of carbonyl (C=O) groups is 2. The molecule has 0 aromatic rings. The lowest BCUT2D eigenvalue weighted by Crippen LogP contribution is -2.60. The lowest BCUT2D eigenvalue weighted by atomic mass is 9.97. The van der Waals surface area contributed by atoms with Gasteiger partial charge in [-0.1, -0.05) is 0 Å². The van der Waals surface area contributed by atoms with E-state index in [1.54, 1.807) is 23.9 Å². The highest BCUT2D eigenvalue weighted by molar-refractivity contribution is 5.88. The van der Waals surface area contributed by atoms with Gasteiger partial charge < -0.3 is 19.9 Å². The molecule has 0 aromatic heterocycles. The lowest BCUT2D eigenvalue weighted by Gasteiger charge is -2.39. The number of nitrogens with one attached hydrogen (secondary N) is 1. The second-order valence-electron chi connectivity index (χ2n) is 5.37. The van der Waals surface area contributed by atoms with Gasteiger partial charge >= 0.3 is 0 Å². The van der Waals surface area contributed by atoms with Crippen molar-refractivity contribution >= 4 is 11.8 Å². The van der Waals surface area contributed by atoms with Crippen molar-refractivity contribution in [3.63, 3.8) is 0 Å². The Morgan fingerprint density at radius 3 is 2.58 bits per heavy atom. The molecule has 2 aliphatic rings. The quantitative estimate of drug-likeness (QED) is 0.720. The molecule has 6 nitrogen and oxygen atoms in total. The molecule has 1 unspecified atom stereocenters. The largest absolute Gasteiger partial charge is 0.381 e. The number of hydrogen-bond donors (Lipinski definition) is 1. The Hall–Kier alpha value is -1.14. The summed E-state index contributed by atoms with van der Waals surface area (Å²) in [6, 6.07) is -0.362. The van der Waals surface area contributed by atoms with Crippen LogP contribution < -0.4 is 5.32 Å². The molecule has 19 heavy (non-hydrogen) atoms. The van der Waals surface area contributed by atoms with Gasteiger partial charge in [-0.15, -0.1) is 0 Å². The Morgan fingerprint density at radius 1 is 1.26 bits per heavy atom. The Morgan fingerprint density at radius 2 is 1.95 bits per heavy atom. The van der Waals surface area contributed by atoms with E-state index in [1.807, 2.05) is 0 Å². The maximum absolute atomic E-state index is 12.6. The molecule has 2 amide bonds. The van der Waals surface area contributed by atoms with Crippen molar-refractivity contribution in [2.45, 2.75) is 18.9 Å². The van der Waals surface area contributed by atoms with E-state index in [0.29, 0.717) is 26.3 Å². The van der Waals surface area contributed by atoms with Crippen molar-refractivity contribution in [2.24, 2.45) is 5.92 Å². The van der Waals surface area contributed by atoms with Crippen molar-refractivity contribution in [1.82, 2.24) is 15.1 Å². The third-order valence-corrected chi connectivity index (χ3v) is 3.82. The molecule has 0 radical (unpaired) electrons. The van der Waals surface area contributed by atoms with Crippen LogP contribution in [0.1, 0.15) is 12.8 Å². The lowest BCUT2D eigenvalue weighted by molar-refractivity contribution is -0.149. The number of ether oxygens (including phenoxy) is 1. The van der Waals surface area contributed by atoms with Crippen LogP contribution in [0.15, 0.2) is 0 Å². The van der Waals surface area contributed by atoms with Crippen molar-refractivity contribution in [3.05, 3.63) is 0 Å². The first kappa shape index (κ1) is 14.3. The first-order chi connectivity index (χ1) is 9.11. The number of carbonyl (C=O) groups excluding carboxylic acids is 2. The monoisotopic (exact) mass is 269 g/mol. The number of hydrogen-bond acceptors (Lipinski definition) is 4. The van der Waals surface area contributed by atoms with Gasteiger partial charge in [0.1, 0.15) is 6.04 Å². The third kappa shape index (κ3) is 3.25. The second kappa shape index (κ2) is 6.34. The molecular weight excluding hydrogens is 246 g/mol. The van der Waals surface area contributed by atoms with E-state index < -0.39 is 0 Å². The molecule has 2 saturated heterocycles. The second-order valence-corrected chi connectivity index (χ2v) is 5.37. The van der Waals surface area contributed by atoms with Crippen LogP contribution in [0.25, 0.3) is 0 Å². The van der Waals surface area contributed by atoms with Crippen LogP contribution in [0.5, 0.6) is 0 Å². The van der Waals surface area contributed by atoms with E-state index >= 15 is 0 Å². The highest BCUT2D eigenvalue weighted by Gasteiger charge is 2.36. The summed E-state index contributed by atoms with van der Waals surface area (Å²) >= 11 is 0. The minimum atomic E-state index is -0.362. The SMILES string of the molecule is CN(C)C(=O)C1CNCCN1C(=O)C1CCOCC1. The van der Waals surface area contributed by atoms with Gasteiger partial charge in [-0.3, -0.25) is 9.59 Å². The molecule has 1 N–H and O–H groups in total. The van der Waals surface area contributed by atoms with Crippen LogP contribution in [0, 0.1) is 5.92 Å². The average molecular weight is 269 g/mol. The van der Waals surface area contributed by atoms with Gasteiger partial charge in [0, 0.05) is 52.9 Å². The van der Waals surface area contributed by atoms with Crippen LogP contribution >= 0.6 is 0 Å². The molecular formula is C13H23N3O3. The van der Waals surface area contributed by atoms with Crippen LogP contribution in [0.3, 0.4) is 0 Å². The molecule has 2 rings (SSSR count). The van der Waals surface area contributed by atoms with Crippen LogP contribution in [-0.4, -0.2) is 74.6 Å². The summed E-state index contributed by atoms with van der Waals surface area (Å²) in [5, 5.41) is 3.19. The average Bonchev–Trinajstić information content (AvgIpc) is 2.46. The molecule has 6 heteroatoms. The van der Waals surface area contributed by atoms with Gasteiger partial charge in [-0.25, -0.2) is 0 Å². The molecule has 0 spiro atoms. The Labute approximate surface area is 114 Å². The van der Waals surface area contributed by atoms with Crippen molar-refractivity contribution in [2.75, 3.05) is 46.9 Å². The fraction of sp³-hybridized carbons (Fsp3) is 0.846. The van der Waals surface area contributed by atoms with E-state index in [9.17, 15) is 9.59 Å². The molecule has 2 fully saturated rings. The molecule has 0 aromatic carbocycles. The topological polar surface area (TPSA) is 61.9 Å². The first-order valence-corrected chi connectivity index (χ1v) is 6.91. The Kier molecular flexibility index (Phi) is 4.76. The van der Waals surface area contributed by atoms with Crippen LogP contribution in [0.4, 0.5) is 0 Å². The number of nitrogens with zero attached hydrogens (tertiary/aromatic N) is 2.